The number of amides is 1. The Morgan fingerprint density at radius 1 is 1.22 bits per heavy atom. The summed E-state index contributed by atoms with van der Waals surface area (Å²) in [7, 11) is 1.89. The molecule has 0 aliphatic carbocycles. The average molecular weight is 435 g/mol. The van der Waals surface area contributed by atoms with E-state index >= 15 is 0 Å². The van der Waals surface area contributed by atoms with Crippen LogP contribution in [0, 0.1) is 0 Å². The molecule has 1 aromatic heterocycles. The molecule has 4 rings (SSSR count). The van der Waals surface area contributed by atoms with Crippen molar-refractivity contribution in [3.05, 3.63) is 66.4 Å². The molecule has 0 radical (unpaired) electrons. The van der Waals surface area contributed by atoms with Gasteiger partial charge in [-0.25, -0.2) is 0 Å². The Bertz CT molecular complexity index is 1010. The maximum atomic E-state index is 12.4. The number of aryl methyl sites for hydroxylation is 1. The largest absolute Gasteiger partial charge is 0.493 e. The molecule has 2 heterocycles. The monoisotopic (exact) mass is 434 g/mol. The molecule has 1 atom stereocenters. The number of nitrogens with one attached hydrogen (secondary N) is 2. The molecule has 1 aliphatic heterocycles. The molecular weight excluding hydrogens is 404 g/mol. The van der Waals surface area contributed by atoms with E-state index in [1.165, 1.54) is 12.8 Å². The van der Waals surface area contributed by atoms with E-state index in [2.05, 4.69) is 15.7 Å². The summed E-state index contributed by atoms with van der Waals surface area (Å²) in [5.74, 6) is 0.586. The standard InChI is InChI=1S/C25H30N4O3/c1-29-23(11-14-27-29)22-16-21(9-10-24(22)32-15-12-20-8-5-13-26-20)28-25(30)18-31-17-19-6-3-2-4-7-19/h2-4,6-7,9-11,14,16,20,26H,5,8,12-13,15,17-18H2,1H3,(H,28,30). The van der Waals surface area contributed by atoms with Crippen LogP contribution in [-0.2, 0) is 23.2 Å². The first-order valence-corrected chi connectivity index (χ1v) is 11.1. The Balaban J connectivity index is 1.38. The Labute approximate surface area is 188 Å². The van der Waals surface area contributed by atoms with Gasteiger partial charge < -0.3 is 20.1 Å². The van der Waals surface area contributed by atoms with Crippen LogP contribution >= 0.6 is 0 Å². The van der Waals surface area contributed by atoms with Crippen molar-refractivity contribution in [1.29, 1.82) is 0 Å². The van der Waals surface area contributed by atoms with Crippen LogP contribution in [-0.4, -0.2) is 41.5 Å². The fraction of sp³-hybridized carbons (Fsp3) is 0.360. The third-order valence-corrected chi connectivity index (χ3v) is 5.59. The predicted molar refractivity (Wildman–Crippen MR) is 125 cm³/mol. The highest BCUT2D eigenvalue weighted by molar-refractivity contribution is 5.92. The van der Waals surface area contributed by atoms with Crippen LogP contribution in [0.2, 0.25) is 0 Å². The third-order valence-electron chi connectivity index (χ3n) is 5.59. The van der Waals surface area contributed by atoms with Gasteiger partial charge in [-0.2, -0.15) is 5.10 Å². The first-order chi connectivity index (χ1) is 15.7. The van der Waals surface area contributed by atoms with Crippen molar-refractivity contribution in [3.63, 3.8) is 0 Å². The van der Waals surface area contributed by atoms with Crippen molar-refractivity contribution in [2.45, 2.75) is 31.9 Å². The Morgan fingerprint density at radius 2 is 2.09 bits per heavy atom. The van der Waals surface area contributed by atoms with Crippen LogP contribution in [0.5, 0.6) is 5.75 Å². The minimum Gasteiger partial charge on any atom is -0.493 e. The first kappa shape index (κ1) is 22.0. The lowest BCUT2D eigenvalue weighted by Crippen LogP contribution is -2.23. The molecule has 1 saturated heterocycles. The number of nitrogens with zero attached hydrogens (tertiary/aromatic N) is 2. The maximum Gasteiger partial charge on any atom is 0.250 e. The van der Waals surface area contributed by atoms with E-state index in [9.17, 15) is 4.79 Å². The summed E-state index contributed by atoms with van der Waals surface area (Å²) in [5, 5.41) is 10.7. The molecule has 7 heteroatoms. The smallest absolute Gasteiger partial charge is 0.250 e. The van der Waals surface area contributed by atoms with Gasteiger partial charge in [0.2, 0.25) is 5.91 Å². The number of hydrogen-bond donors (Lipinski definition) is 2. The van der Waals surface area contributed by atoms with E-state index < -0.39 is 0 Å². The highest BCUT2D eigenvalue weighted by atomic mass is 16.5. The second-order valence-corrected chi connectivity index (χ2v) is 8.01. The lowest BCUT2D eigenvalue weighted by Gasteiger charge is -2.16. The topological polar surface area (TPSA) is 77.4 Å². The van der Waals surface area contributed by atoms with Crippen molar-refractivity contribution in [2.24, 2.45) is 7.05 Å². The normalized spacial score (nSPS) is 15.6. The van der Waals surface area contributed by atoms with E-state index in [0.717, 1.165) is 35.5 Å². The second kappa shape index (κ2) is 10.9. The fourth-order valence-electron chi connectivity index (χ4n) is 3.92. The molecule has 0 saturated carbocycles. The number of carbonyl (C=O) groups is 1. The summed E-state index contributed by atoms with van der Waals surface area (Å²) >= 11 is 0. The molecule has 0 spiro atoms. The summed E-state index contributed by atoms with van der Waals surface area (Å²) in [4.78, 5) is 12.4. The zero-order valence-electron chi connectivity index (χ0n) is 18.4. The van der Waals surface area contributed by atoms with Crippen LogP contribution in [0.25, 0.3) is 11.3 Å². The zero-order chi connectivity index (χ0) is 22.2. The van der Waals surface area contributed by atoms with Gasteiger partial charge in [0.1, 0.15) is 12.4 Å². The van der Waals surface area contributed by atoms with Crippen molar-refractivity contribution < 1.29 is 14.3 Å². The summed E-state index contributed by atoms with van der Waals surface area (Å²) in [6, 6.07) is 18.0. The second-order valence-electron chi connectivity index (χ2n) is 8.01. The lowest BCUT2D eigenvalue weighted by molar-refractivity contribution is -0.121. The summed E-state index contributed by atoms with van der Waals surface area (Å²) in [5.41, 5.74) is 3.55. The van der Waals surface area contributed by atoms with Crippen molar-refractivity contribution in [2.75, 3.05) is 25.1 Å². The maximum absolute atomic E-state index is 12.4. The Morgan fingerprint density at radius 3 is 2.84 bits per heavy atom. The minimum atomic E-state index is -0.196. The van der Waals surface area contributed by atoms with E-state index in [1.54, 1.807) is 10.9 Å². The molecule has 2 aromatic carbocycles. The van der Waals surface area contributed by atoms with Gasteiger partial charge >= 0.3 is 0 Å². The van der Waals surface area contributed by atoms with Gasteiger partial charge in [-0.3, -0.25) is 9.48 Å². The Kier molecular flexibility index (Phi) is 7.53. The number of ether oxygens (including phenoxy) is 2. The molecule has 32 heavy (non-hydrogen) atoms. The van der Waals surface area contributed by atoms with E-state index in [1.807, 2.05) is 61.6 Å². The molecule has 7 nitrogen and oxygen atoms in total. The van der Waals surface area contributed by atoms with Crippen molar-refractivity contribution >= 4 is 11.6 Å². The van der Waals surface area contributed by atoms with Crippen LogP contribution < -0.4 is 15.4 Å². The third kappa shape index (κ3) is 5.96. The van der Waals surface area contributed by atoms with Gasteiger partial charge in [0.25, 0.3) is 0 Å². The highest BCUT2D eigenvalue weighted by Gasteiger charge is 2.16. The van der Waals surface area contributed by atoms with Crippen molar-refractivity contribution in [1.82, 2.24) is 15.1 Å². The number of aromatic nitrogens is 2. The van der Waals surface area contributed by atoms with E-state index in [0.29, 0.717) is 24.9 Å². The average Bonchev–Trinajstić information content (AvgIpc) is 3.47. The van der Waals surface area contributed by atoms with Crippen LogP contribution in [0.15, 0.2) is 60.8 Å². The molecule has 1 unspecified atom stereocenters. The molecule has 168 valence electrons. The van der Waals surface area contributed by atoms with Crippen LogP contribution in [0.1, 0.15) is 24.8 Å². The molecular formula is C25H30N4O3. The minimum absolute atomic E-state index is 0.0113. The van der Waals surface area contributed by atoms with Gasteiger partial charge in [-0.1, -0.05) is 30.3 Å². The molecule has 1 aliphatic rings. The number of anilines is 1. The Hall–Kier alpha value is -3.16. The zero-order valence-corrected chi connectivity index (χ0v) is 18.4. The molecule has 3 aromatic rings. The van der Waals surface area contributed by atoms with Gasteiger partial charge in [0.05, 0.1) is 18.9 Å². The van der Waals surface area contributed by atoms with Crippen molar-refractivity contribution in [3.8, 4) is 17.0 Å². The summed E-state index contributed by atoms with van der Waals surface area (Å²) in [6.45, 7) is 2.12. The van der Waals surface area contributed by atoms with Crippen LogP contribution in [0.4, 0.5) is 5.69 Å². The summed E-state index contributed by atoms with van der Waals surface area (Å²) in [6.07, 6.45) is 5.16. The predicted octanol–water partition coefficient (Wildman–Crippen LogP) is 3.76. The number of rotatable bonds is 10. The quantitative estimate of drug-likeness (QED) is 0.508. The van der Waals surface area contributed by atoms with Crippen LogP contribution in [0.3, 0.4) is 0 Å². The fourth-order valence-corrected chi connectivity index (χ4v) is 3.92. The van der Waals surface area contributed by atoms with Gasteiger partial charge in [-0.15, -0.1) is 0 Å². The lowest BCUT2D eigenvalue weighted by atomic mass is 10.1. The molecule has 2 N–H and O–H groups in total. The molecule has 1 amide bonds. The summed E-state index contributed by atoms with van der Waals surface area (Å²) < 4.78 is 13.5. The highest BCUT2D eigenvalue weighted by Crippen LogP contribution is 2.32. The molecule has 1 fully saturated rings. The number of carbonyl (C=O) groups excluding carboxylic acids is 1. The van der Waals surface area contributed by atoms with Gasteiger partial charge in [0.15, 0.2) is 0 Å². The van der Waals surface area contributed by atoms with E-state index in [-0.39, 0.29) is 12.5 Å². The SMILES string of the molecule is Cn1nccc1-c1cc(NC(=O)COCc2ccccc2)ccc1OCCC1CCCN1. The number of hydrogen-bond acceptors (Lipinski definition) is 5. The van der Waals surface area contributed by atoms with E-state index in [4.69, 9.17) is 9.47 Å². The molecule has 0 bridgehead atoms. The number of benzene rings is 2. The van der Waals surface area contributed by atoms with Gasteiger partial charge in [0, 0.05) is 30.5 Å². The van der Waals surface area contributed by atoms with Gasteiger partial charge in [-0.05, 0) is 55.6 Å². The first-order valence-electron chi connectivity index (χ1n) is 11.1.